The van der Waals surface area contributed by atoms with Gasteiger partial charge in [0, 0.05) is 31.5 Å². The monoisotopic (exact) mass is 496 g/mol. The van der Waals surface area contributed by atoms with Gasteiger partial charge in [0.15, 0.2) is 0 Å². The Kier molecular flexibility index (Phi) is 6.82. The zero-order chi connectivity index (χ0) is 24.5. The van der Waals surface area contributed by atoms with Crippen LogP contribution in [0.5, 0.6) is 16.7 Å². The van der Waals surface area contributed by atoms with Gasteiger partial charge in [-0.2, -0.15) is 0 Å². The summed E-state index contributed by atoms with van der Waals surface area (Å²) in [7, 11) is 3.30. The molecular formula is C26H32N4O4S. The van der Waals surface area contributed by atoms with Crippen LogP contribution in [0.2, 0.25) is 0 Å². The van der Waals surface area contributed by atoms with Gasteiger partial charge in [-0.25, -0.2) is 15.8 Å². The van der Waals surface area contributed by atoms with Gasteiger partial charge in [0.2, 0.25) is 5.91 Å². The number of nitrogens with zero attached hydrogens (tertiary/aromatic N) is 2. The van der Waals surface area contributed by atoms with Crippen LogP contribution in [-0.4, -0.2) is 55.2 Å². The van der Waals surface area contributed by atoms with E-state index in [9.17, 15) is 4.79 Å². The maximum atomic E-state index is 13.2. The molecule has 2 atom stereocenters. The number of likely N-dealkylation sites (tertiary alicyclic amines) is 1. The number of carbonyl (C=O) groups is 1. The summed E-state index contributed by atoms with van der Waals surface area (Å²) >= 11 is 1.61. The van der Waals surface area contributed by atoms with Gasteiger partial charge in [-0.05, 0) is 49.6 Å². The minimum Gasteiger partial charge on any atom is -0.497 e. The average Bonchev–Trinajstić information content (AvgIpc) is 3.54. The number of thiazole rings is 1. The molecule has 2 aliphatic heterocycles. The fourth-order valence-corrected chi connectivity index (χ4v) is 5.91. The van der Waals surface area contributed by atoms with E-state index in [1.54, 1.807) is 25.6 Å². The molecule has 5 rings (SSSR count). The molecule has 0 aliphatic carbocycles. The molecule has 2 fully saturated rings. The quantitative estimate of drug-likeness (QED) is 0.535. The van der Waals surface area contributed by atoms with E-state index in [-0.39, 0.29) is 24.1 Å². The first-order valence-electron chi connectivity index (χ1n) is 12.0. The first-order chi connectivity index (χ1) is 17.0. The molecule has 0 saturated carbocycles. The molecule has 1 aromatic heterocycles. The Morgan fingerprint density at radius 1 is 1.06 bits per heavy atom. The van der Waals surface area contributed by atoms with Crippen molar-refractivity contribution in [1.29, 1.82) is 0 Å². The molecule has 9 heteroatoms. The van der Waals surface area contributed by atoms with E-state index < -0.39 is 0 Å². The topological polar surface area (TPSA) is 85.0 Å². The SMILES string of the molecule is COc1ccc(OC)c(C2CC(C(=O)N3CCC(Oc4nc5c(C)ccc(C)c5s4)CC3)NN2)c1. The number of hydrogen-bond donors (Lipinski definition) is 2. The standard InChI is InChI=1S/C26H32N4O4S/c1-15-5-6-16(2)24-23(15)27-26(35-24)34-17-9-11-30(12-10-17)25(31)21-14-20(28-29-21)19-13-18(32-3)7-8-22(19)33-4/h5-8,13,17,20-21,28-29H,9-12,14H2,1-4H3. The number of fused-ring (bicyclic) bond motifs is 1. The number of benzene rings is 2. The van der Waals surface area contributed by atoms with Crippen molar-refractivity contribution in [2.24, 2.45) is 0 Å². The fraction of sp³-hybridized carbons (Fsp3) is 0.462. The molecule has 8 nitrogen and oxygen atoms in total. The van der Waals surface area contributed by atoms with Crippen LogP contribution in [0, 0.1) is 13.8 Å². The van der Waals surface area contributed by atoms with E-state index in [2.05, 4.69) is 36.8 Å². The summed E-state index contributed by atoms with van der Waals surface area (Å²) in [5.41, 5.74) is 10.8. The van der Waals surface area contributed by atoms with Crippen molar-refractivity contribution in [3.8, 4) is 16.7 Å². The van der Waals surface area contributed by atoms with Crippen LogP contribution in [0.15, 0.2) is 30.3 Å². The van der Waals surface area contributed by atoms with Crippen molar-refractivity contribution >= 4 is 27.5 Å². The Bertz CT molecular complexity index is 1180. The fourth-order valence-electron chi connectivity index (χ4n) is 4.88. The van der Waals surface area contributed by atoms with Crippen LogP contribution in [0.4, 0.5) is 0 Å². The van der Waals surface area contributed by atoms with Gasteiger partial charge in [0.1, 0.15) is 23.6 Å². The normalized spacial score (nSPS) is 20.9. The van der Waals surface area contributed by atoms with E-state index >= 15 is 0 Å². The van der Waals surface area contributed by atoms with Crippen molar-refractivity contribution in [2.75, 3.05) is 27.3 Å². The first-order valence-corrected chi connectivity index (χ1v) is 12.8. The van der Waals surface area contributed by atoms with Gasteiger partial charge in [-0.1, -0.05) is 23.5 Å². The molecule has 2 aliphatic rings. The van der Waals surface area contributed by atoms with E-state index in [1.807, 2.05) is 23.1 Å². The summed E-state index contributed by atoms with van der Waals surface area (Å²) < 4.78 is 18.3. The molecule has 2 saturated heterocycles. The molecule has 2 unspecified atom stereocenters. The van der Waals surface area contributed by atoms with Crippen molar-refractivity contribution in [3.05, 3.63) is 47.0 Å². The molecule has 186 valence electrons. The molecule has 1 amide bonds. The lowest BCUT2D eigenvalue weighted by molar-refractivity contribution is -0.135. The predicted molar refractivity (Wildman–Crippen MR) is 136 cm³/mol. The number of hydrazine groups is 1. The first kappa shape index (κ1) is 23.8. The summed E-state index contributed by atoms with van der Waals surface area (Å²) in [4.78, 5) is 19.9. The Morgan fingerprint density at radius 2 is 1.83 bits per heavy atom. The smallest absolute Gasteiger partial charge is 0.274 e. The molecule has 0 spiro atoms. The number of aryl methyl sites for hydroxylation is 2. The second-order valence-corrected chi connectivity index (χ2v) is 10.2. The number of amides is 1. The summed E-state index contributed by atoms with van der Waals surface area (Å²) in [6.45, 7) is 5.54. The van der Waals surface area contributed by atoms with Crippen molar-refractivity contribution in [2.45, 2.75) is 51.3 Å². The third-order valence-electron chi connectivity index (χ3n) is 6.96. The van der Waals surface area contributed by atoms with E-state index in [4.69, 9.17) is 19.2 Å². The molecule has 0 bridgehead atoms. The van der Waals surface area contributed by atoms with Crippen molar-refractivity contribution in [3.63, 3.8) is 0 Å². The number of hydrogen-bond acceptors (Lipinski definition) is 8. The molecule has 2 aromatic carbocycles. The highest BCUT2D eigenvalue weighted by Crippen LogP contribution is 2.35. The zero-order valence-corrected chi connectivity index (χ0v) is 21.4. The second-order valence-electron chi connectivity index (χ2n) is 9.24. The lowest BCUT2D eigenvalue weighted by Crippen LogP contribution is -2.49. The van der Waals surface area contributed by atoms with Crippen LogP contribution < -0.4 is 25.1 Å². The summed E-state index contributed by atoms with van der Waals surface area (Å²) in [6, 6.07) is 9.62. The maximum Gasteiger partial charge on any atom is 0.274 e. The van der Waals surface area contributed by atoms with Gasteiger partial charge >= 0.3 is 0 Å². The highest BCUT2D eigenvalue weighted by atomic mass is 32.1. The molecule has 2 N–H and O–H groups in total. The van der Waals surface area contributed by atoms with Gasteiger partial charge in [0.25, 0.3) is 5.19 Å². The molecule has 3 heterocycles. The third kappa shape index (κ3) is 4.80. The zero-order valence-electron chi connectivity index (χ0n) is 20.6. The van der Waals surface area contributed by atoms with Crippen LogP contribution in [0.3, 0.4) is 0 Å². The van der Waals surface area contributed by atoms with E-state index in [0.29, 0.717) is 19.5 Å². The van der Waals surface area contributed by atoms with Crippen LogP contribution >= 0.6 is 11.3 Å². The number of piperidine rings is 1. The largest absolute Gasteiger partial charge is 0.497 e. The van der Waals surface area contributed by atoms with Crippen LogP contribution in [0.1, 0.15) is 42.0 Å². The van der Waals surface area contributed by atoms with E-state index in [1.165, 1.54) is 15.8 Å². The minimum absolute atomic E-state index is 0.0409. The summed E-state index contributed by atoms with van der Waals surface area (Å²) in [5, 5.41) is 0.721. The number of methoxy groups -OCH3 is 2. The average molecular weight is 497 g/mol. The third-order valence-corrected chi connectivity index (χ3v) is 8.04. The minimum atomic E-state index is -0.288. The second kappa shape index (κ2) is 10.0. The highest BCUT2D eigenvalue weighted by molar-refractivity contribution is 7.20. The lowest BCUT2D eigenvalue weighted by Gasteiger charge is -2.33. The van der Waals surface area contributed by atoms with Crippen LogP contribution in [0.25, 0.3) is 10.2 Å². The number of ether oxygens (including phenoxy) is 3. The Labute approximate surface area is 209 Å². The maximum absolute atomic E-state index is 13.2. The Hall–Kier alpha value is -2.88. The van der Waals surface area contributed by atoms with E-state index in [0.717, 1.165) is 40.6 Å². The summed E-state index contributed by atoms with van der Waals surface area (Å²) in [6.07, 6.45) is 2.31. The lowest BCUT2D eigenvalue weighted by atomic mass is 9.99. The van der Waals surface area contributed by atoms with Gasteiger partial charge in [-0.15, -0.1) is 0 Å². The molecule has 35 heavy (non-hydrogen) atoms. The molecular weight excluding hydrogens is 464 g/mol. The predicted octanol–water partition coefficient (Wildman–Crippen LogP) is 3.91. The molecule has 0 radical (unpaired) electrons. The van der Waals surface area contributed by atoms with Crippen molar-refractivity contribution < 1.29 is 19.0 Å². The summed E-state index contributed by atoms with van der Waals surface area (Å²) in [5.74, 6) is 1.65. The van der Waals surface area contributed by atoms with Crippen molar-refractivity contribution in [1.82, 2.24) is 20.7 Å². The van der Waals surface area contributed by atoms with Gasteiger partial charge in [0.05, 0.1) is 30.5 Å². The number of rotatable bonds is 6. The molecule has 3 aromatic rings. The van der Waals surface area contributed by atoms with Gasteiger partial charge < -0.3 is 19.1 Å². The number of carbonyl (C=O) groups excluding carboxylic acids is 1. The highest BCUT2D eigenvalue weighted by Gasteiger charge is 2.36. The number of nitrogens with one attached hydrogen (secondary N) is 2. The Balaban J connectivity index is 1.17. The van der Waals surface area contributed by atoms with Crippen LogP contribution in [-0.2, 0) is 4.79 Å². The number of aromatic nitrogens is 1. The Morgan fingerprint density at radius 3 is 2.54 bits per heavy atom. The van der Waals surface area contributed by atoms with Gasteiger partial charge in [-0.3, -0.25) is 4.79 Å².